The third-order valence-electron chi connectivity index (χ3n) is 5.61. The molecule has 3 rings (SSSR count). The van der Waals surface area contributed by atoms with Crippen LogP contribution in [0.15, 0.2) is 18.2 Å². The summed E-state index contributed by atoms with van der Waals surface area (Å²) in [7, 11) is -3.45. The van der Waals surface area contributed by atoms with Gasteiger partial charge in [-0.05, 0) is 42.7 Å². The molecule has 0 bridgehead atoms. The Morgan fingerprint density at radius 1 is 1.21 bits per heavy atom. The first kappa shape index (κ1) is 20.5. The van der Waals surface area contributed by atoms with Crippen LogP contribution >= 0.6 is 0 Å². The molecule has 1 aromatic carbocycles. The molecule has 0 radical (unpaired) electrons. The number of sulfone groups is 1. The van der Waals surface area contributed by atoms with Gasteiger partial charge in [0.05, 0.1) is 18.5 Å². The van der Waals surface area contributed by atoms with Gasteiger partial charge in [0.2, 0.25) is 5.91 Å². The van der Waals surface area contributed by atoms with Gasteiger partial charge in [0.15, 0.2) is 21.3 Å². The number of benzene rings is 1. The zero-order chi connectivity index (χ0) is 20.4. The number of carbonyl (C=O) groups is 2. The predicted molar refractivity (Wildman–Crippen MR) is 107 cm³/mol. The number of hydrogen-bond acceptors (Lipinski definition) is 4. The van der Waals surface area contributed by atoms with Crippen molar-refractivity contribution in [2.75, 3.05) is 12.0 Å². The van der Waals surface area contributed by atoms with Gasteiger partial charge in [0.25, 0.3) is 0 Å². The molecule has 1 aromatic rings. The number of nitrogens with one attached hydrogen (secondary N) is 1. The first-order chi connectivity index (χ1) is 13.2. The Hall–Kier alpha value is -2.20. The number of nitrogens with zero attached hydrogens (tertiary/aromatic N) is 1. The second kappa shape index (κ2) is 8.04. The molecule has 1 N–H and O–H groups in total. The summed E-state index contributed by atoms with van der Waals surface area (Å²) in [6, 6.07) is 5.47. The fraction of sp³-hybridized carbons (Fsp3) is 0.571. The number of hydrogen-bond donors (Lipinski definition) is 1. The van der Waals surface area contributed by atoms with Gasteiger partial charge in [-0.2, -0.15) is 0 Å². The molecule has 0 aliphatic heterocycles. The smallest absolute Gasteiger partial charge is 0.225 e. The van der Waals surface area contributed by atoms with E-state index in [0.717, 1.165) is 49.5 Å². The van der Waals surface area contributed by atoms with Crippen LogP contribution < -0.4 is 5.32 Å². The predicted octanol–water partition coefficient (Wildman–Crippen LogP) is 3.09. The molecule has 28 heavy (non-hydrogen) atoms. The van der Waals surface area contributed by atoms with Crippen LogP contribution in [-0.2, 0) is 25.8 Å². The Morgan fingerprint density at radius 3 is 2.46 bits per heavy atom. The van der Waals surface area contributed by atoms with Crippen LogP contribution in [0.5, 0.6) is 0 Å². The van der Waals surface area contributed by atoms with Gasteiger partial charge in [-0.3, -0.25) is 9.59 Å². The molecule has 7 heteroatoms. The van der Waals surface area contributed by atoms with E-state index in [1.54, 1.807) is 12.1 Å². The van der Waals surface area contributed by atoms with E-state index >= 15 is 0 Å². The number of carbonyl (C=O) groups excluding carboxylic acids is 2. The highest BCUT2D eigenvalue weighted by Gasteiger charge is 2.41. The largest absolute Gasteiger partial charge is 0.343 e. The fourth-order valence-electron chi connectivity index (χ4n) is 4.04. The summed E-state index contributed by atoms with van der Waals surface area (Å²) in [6.45, 7) is 7.29. The van der Waals surface area contributed by atoms with Crippen molar-refractivity contribution < 1.29 is 18.0 Å². The van der Waals surface area contributed by atoms with Crippen LogP contribution in [0.2, 0.25) is 0 Å². The fourth-order valence-corrected chi connectivity index (χ4v) is 4.79. The molecule has 0 atom stereocenters. The first-order valence-corrected chi connectivity index (χ1v) is 11.8. The van der Waals surface area contributed by atoms with Crippen molar-refractivity contribution in [3.05, 3.63) is 40.7 Å². The van der Waals surface area contributed by atoms with E-state index in [1.165, 1.54) is 0 Å². The van der Waals surface area contributed by atoms with E-state index in [0.29, 0.717) is 24.4 Å². The summed E-state index contributed by atoms with van der Waals surface area (Å²) in [6.07, 6.45) is 6.83. The molecule has 0 unspecified atom stereocenters. The summed E-state index contributed by atoms with van der Waals surface area (Å²) < 4.78 is 23.2. The van der Waals surface area contributed by atoms with Gasteiger partial charge >= 0.3 is 0 Å². The van der Waals surface area contributed by atoms with E-state index in [2.05, 4.69) is 10.2 Å². The maximum Gasteiger partial charge on any atom is 0.225 e. The summed E-state index contributed by atoms with van der Waals surface area (Å²) >= 11 is 0. The highest BCUT2D eigenvalue weighted by molar-refractivity contribution is 7.91. The SMILES string of the molecule is [C-]#[N+]c1ccc(CC(=O)NC2(C(=O)CS(C)(=O)=O)CCCCC2)cc1C1CC1. The molecule has 6 nitrogen and oxygen atoms in total. The van der Waals surface area contributed by atoms with Crippen molar-refractivity contribution in [1.82, 2.24) is 5.32 Å². The van der Waals surface area contributed by atoms with Gasteiger partial charge in [-0.25, -0.2) is 13.3 Å². The second-order valence-corrected chi connectivity index (χ2v) is 10.3. The maximum absolute atomic E-state index is 12.7. The first-order valence-electron chi connectivity index (χ1n) is 9.75. The minimum Gasteiger partial charge on any atom is -0.343 e. The Labute approximate surface area is 166 Å². The lowest BCUT2D eigenvalue weighted by molar-refractivity contribution is -0.131. The monoisotopic (exact) mass is 402 g/mol. The highest BCUT2D eigenvalue weighted by Crippen LogP contribution is 2.44. The standard InChI is InChI=1S/C21H26N2O4S/c1-22-18-9-6-15(12-17(18)16-7-8-16)13-20(25)23-21(10-4-3-5-11-21)19(24)14-28(2,26)27/h6,9,12,16H,3-5,7-8,10-11,13-14H2,2H3,(H,23,25). The number of rotatable bonds is 7. The zero-order valence-electron chi connectivity index (χ0n) is 16.2. The van der Waals surface area contributed by atoms with Gasteiger partial charge in [0, 0.05) is 6.26 Å². The van der Waals surface area contributed by atoms with E-state index in [-0.39, 0.29) is 12.3 Å². The topological polar surface area (TPSA) is 84.7 Å². The van der Waals surface area contributed by atoms with E-state index < -0.39 is 26.9 Å². The molecule has 2 saturated carbocycles. The van der Waals surface area contributed by atoms with Crippen molar-refractivity contribution in [1.29, 1.82) is 0 Å². The van der Waals surface area contributed by atoms with Crippen LogP contribution in [0.4, 0.5) is 5.69 Å². The molecule has 0 spiro atoms. The number of amides is 1. The lowest BCUT2D eigenvalue weighted by Gasteiger charge is -2.36. The van der Waals surface area contributed by atoms with Crippen LogP contribution in [0.3, 0.4) is 0 Å². The van der Waals surface area contributed by atoms with Crippen LogP contribution in [0.25, 0.3) is 4.85 Å². The summed E-state index contributed by atoms with van der Waals surface area (Å²) in [5, 5.41) is 2.88. The molecule has 1 amide bonds. The normalized spacial score (nSPS) is 18.9. The molecular weight excluding hydrogens is 376 g/mol. The molecule has 2 fully saturated rings. The van der Waals surface area contributed by atoms with Crippen LogP contribution in [-0.4, -0.2) is 37.7 Å². The molecule has 0 saturated heterocycles. The van der Waals surface area contributed by atoms with Crippen LogP contribution in [0.1, 0.15) is 62.0 Å². The van der Waals surface area contributed by atoms with Gasteiger partial charge in [-0.15, -0.1) is 0 Å². The van der Waals surface area contributed by atoms with Crippen LogP contribution in [0, 0.1) is 6.57 Å². The number of ketones is 1. The molecule has 0 heterocycles. The third kappa shape index (κ3) is 4.99. The van der Waals surface area contributed by atoms with Crippen molar-refractivity contribution in [2.45, 2.75) is 62.8 Å². The minimum absolute atomic E-state index is 0.117. The minimum atomic E-state index is -3.45. The van der Waals surface area contributed by atoms with Crippen molar-refractivity contribution in [3.63, 3.8) is 0 Å². The van der Waals surface area contributed by atoms with E-state index in [9.17, 15) is 18.0 Å². The average molecular weight is 403 g/mol. The van der Waals surface area contributed by atoms with Crippen molar-refractivity contribution in [3.8, 4) is 0 Å². The quantitative estimate of drug-likeness (QED) is 0.710. The Kier molecular flexibility index (Phi) is 5.90. The highest BCUT2D eigenvalue weighted by atomic mass is 32.2. The van der Waals surface area contributed by atoms with Gasteiger partial charge < -0.3 is 5.32 Å². The molecule has 0 aromatic heterocycles. The Balaban J connectivity index is 1.75. The zero-order valence-corrected chi connectivity index (χ0v) is 17.0. The summed E-state index contributed by atoms with van der Waals surface area (Å²) in [5.74, 6) is -0.821. The Bertz CT molecular complexity index is 920. The van der Waals surface area contributed by atoms with Gasteiger partial charge in [0.1, 0.15) is 5.75 Å². The van der Waals surface area contributed by atoms with Crippen molar-refractivity contribution in [2.24, 2.45) is 0 Å². The lowest BCUT2D eigenvalue weighted by atomic mass is 9.78. The second-order valence-electron chi connectivity index (χ2n) is 8.14. The summed E-state index contributed by atoms with van der Waals surface area (Å²) in [5.41, 5.74) is 1.38. The molecular formula is C21H26N2O4S. The third-order valence-corrected chi connectivity index (χ3v) is 6.39. The average Bonchev–Trinajstić information content (AvgIpc) is 3.46. The van der Waals surface area contributed by atoms with Crippen molar-refractivity contribution >= 4 is 27.2 Å². The Morgan fingerprint density at radius 2 is 1.89 bits per heavy atom. The molecule has 2 aliphatic rings. The molecule has 150 valence electrons. The molecule has 2 aliphatic carbocycles. The van der Waals surface area contributed by atoms with E-state index in [4.69, 9.17) is 6.57 Å². The van der Waals surface area contributed by atoms with E-state index in [1.807, 2.05) is 6.07 Å². The maximum atomic E-state index is 12.7. The lowest BCUT2D eigenvalue weighted by Crippen LogP contribution is -2.57. The summed E-state index contributed by atoms with van der Waals surface area (Å²) in [4.78, 5) is 29.0. The number of Topliss-reactive ketones (excluding diaryl/α,β-unsaturated/α-hetero) is 1. The van der Waals surface area contributed by atoms with Gasteiger partial charge in [-0.1, -0.05) is 37.5 Å².